The lowest BCUT2D eigenvalue weighted by atomic mass is 10.1. The van der Waals surface area contributed by atoms with Crippen LogP contribution in [0.3, 0.4) is 0 Å². The van der Waals surface area contributed by atoms with Crippen LogP contribution in [0.1, 0.15) is 16.1 Å². The summed E-state index contributed by atoms with van der Waals surface area (Å²) < 4.78 is 18.2. The van der Waals surface area contributed by atoms with Gasteiger partial charge in [0.25, 0.3) is 5.91 Å². The summed E-state index contributed by atoms with van der Waals surface area (Å²) in [5, 5.41) is 28.2. The number of ether oxygens (including phenoxy) is 1. The van der Waals surface area contributed by atoms with Gasteiger partial charge in [0.05, 0.1) is 12.8 Å². The molecular weight excluding hydrogens is 381 g/mol. The normalized spacial score (nSPS) is 11.7. The molecule has 0 aliphatic heterocycles. The van der Waals surface area contributed by atoms with Crippen molar-refractivity contribution >= 4 is 11.9 Å². The third-order valence-corrected chi connectivity index (χ3v) is 4.22. The molecule has 0 saturated heterocycles. The largest absolute Gasteiger partial charge is 0.508 e. The van der Waals surface area contributed by atoms with Gasteiger partial charge in [0.15, 0.2) is 0 Å². The fourth-order valence-corrected chi connectivity index (χ4v) is 2.73. The molecule has 1 unspecified atom stereocenters. The smallest absolute Gasteiger partial charge is 0.328 e. The summed E-state index contributed by atoms with van der Waals surface area (Å²) in [6.07, 6.45) is 0.143. The fourth-order valence-electron chi connectivity index (χ4n) is 2.73. The van der Waals surface area contributed by atoms with E-state index in [9.17, 15) is 24.2 Å². The number of phenolic OH excluding ortho intramolecular Hbond substituents is 2. The predicted molar refractivity (Wildman–Crippen MR) is 101 cm³/mol. The second kappa shape index (κ2) is 8.42. The summed E-state index contributed by atoms with van der Waals surface area (Å²) >= 11 is 0. The Morgan fingerprint density at radius 1 is 1.17 bits per heavy atom. The van der Waals surface area contributed by atoms with Crippen LogP contribution in [0.2, 0.25) is 0 Å². The lowest BCUT2D eigenvalue weighted by molar-refractivity contribution is -0.142. The van der Waals surface area contributed by atoms with Crippen molar-refractivity contribution in [3.63, 3.8) is 0 Å². The quantitative estimate of drug-likeness (QED) is 0.471. The summed E-state index contributed by atoms with van der Waals surface area (Å²) in [6.45, 7) is 0. The highest BCUT2D eigenvalue weighted by Gasteiger charge is 2.24. The van der Waals surface area contributed by atoms with Gasteiger partial charge in [-0.25, -0.2) is 9.18 Å². The maximum Gasteiger partial charge on any atom is 0.328 e. The summed E-state index contributed by atoms with van der Waals surface area (Å²) in [5.74, 6) is -1.95. The highest BCUT2D eigenvalue weighted by atomic mass is 19.1. The number of nitrogens with zero attached hydrogens (tertiary/aromatic N) is 1. The molecule has 9 heteroatoms. The monoisotopic (exact) mass is 399 g/mol. The molecule has 3 rings (SSSR count). The second-order valence-corrected chi connectivity index (χ2v) is 6.25. The lowest BCUT2D eigenvalue weighted by Crippen LogP contribution is -2.43. The summed E-state index contributed by atoms with van der Waals surface area (Å²) in [4.78, 5) is 24.6. The van der Waals surface area contributed by atoms with Crippen molar-refractivity contribution in [1.29, 1.82) is 0 Å². The van der Waals surface area contributed by atoms with Crippen LogP contribution in [0, 0.1) is 5.82 Å². The molecule has 0 radical (unpaired) electrons. The average Bonchev–Trinajstić information content (AvgIpc) is 3.20. The Labute approximate surface area is 165 Å². The van der Waals surface area contributed by atoms with Gasteiger partial charge in [-0.15, -0.1) is 0 Å². The first-order valence-electron chi connectivity index (χ1n) is 8.58. The number of methoxy groups -OCH3 is 1. The van der Waals surface area contributed by atoms with Crippen LogP contribution < -0.4 is 5.32 Å². The first kappa shape index (κ1) is 19.9. The number of carbonyl (C=O) groups excluding carboxylic acids is 2. The van der Waals surface area contributed by atoms with Gasteiger partial charge in [-0.2, -0.15) is 5.10 Å². The Bertz CT molecular complexity index is 1030. The summed E-state index contributed by atoms with van der Waals surface area (Å²) in [7, 11) is 1.21. The van der Waals surface area contributed by atoms with E-state index in [1.807, 2.05) is 0 Å². The number of rotatable bonds is 6. The Balaban J connectivity index is 1.77. The molecule has 2 aromatic carbocycles. The number of esters is 1. The fraction of sp³-hybridized carbons (Fsp3) is 0.150. The summed E-state index contributed by atoms with van der Waals surface area (Å²) in [5.41, 5.74) is 1.01. The van der Waals surface area contributed by atoms with Gasteiger partial charge in [0.2, 0.25) is 0 Å². The van der Waals surface area contributed by atoms with E-state index >= 15 is 0 Å². The molecule has 1 aromatic heterocycles. The Hall–Kier alpha value is -3.88. The number of carbonyl (C=O) groups is 2. The number of benzene rings is 2. The zero-order valence-corrected chi connectivity index (χ0v) is 15.3. The Morgan fingerprint density at radius 2 is 1.90 bits per heavy atom. The molecule has 0 bridgehead atoms. The van der Waals surface area contributed by atoms with Crippen LogP contribution >= 0.6 is 0 Å². The van der Waals surface area contributed by atoms with Crippen molar-refractivity contribution < 1.29 is 28.9 Å². The van der Waals surface area contributed by atoms with Crippen LogP contribution in [0.15, 0.2) is 48.5 Å². The molecule has 0 saturated carbocycles. The number of phenols is 2. The van der Waals surface area contributed by atoms with Crippen molar-refractivity contribution in [2.24, 2.45) is 0 Å². The van der Waals surface area contributed by atoms with E-state index in [-0.39, 0.29) is 34.9 Å². The molecule has 1 heterocycles. The number of H-pyrrole nitrogens is 1. The molecule has 150 valence electrons. The maximum atomic E-state index is 13.4. The number of hydrogen-bond acceptors (Lipinski definition) is 6. The molecule has 3 aromatic rings. The van der Waals surface area contributed by atoms with Crippen LogP contribution in [-0.4, -0.2) is 45.4 Å². The molecule has 4 N–H and O–H groups in total. The van der Waals surface area contributed by atoms with Crippen LogP contribution in [0.25, 0.3) is 11.3 Å². The number of halogens is 1. The number of aromatic nitrogens is 2. The molecular formula is C20H18FN3O5. The van der Waals surface area contributed by atoms with Crippen LogP contribution in [0.5, 0.6) is 11.5 Å². The number of hydrogen-bond donors (Lipinski definition) is 4. The predicted octanol–water partition coefficient (Wildman–Crippen LogP) is 2.14. The first-order valence-corrected chi connectivity index (χ1v) is 8.58. The van der Waals surface area contributed by atoms with Crippen LogP contribution in [0.4, 0.5) is 4.39 Å². The van der Waals surface area contributed by atoms with Gasteiger partial charge in [0, 0.05) is 12.0 Å². The highest BCUT2D eigenvalue weighted by Crippen LogP contribution is 2.28. The van der Waals surface area contributed by atoms with E-state index in [1.165, 1.54) is 31.4 Å². The van der Waals surface area contributed by atoms with E-state index in [0.29, 0.717) is 5.56 Å². The van der Waals surface area contributed by atoms with Crippen molar-refractivity contribution in [3.05, 3.63) is 65.6 Å². The van der Waals surface area contributed by atoms with Crippen molar-refractivity contribution in [3.8, 4) is 22.8 Å². The zero-order chi connectivity index (χ0) is 21.0. The minimum Gasteiger partial charge on any atom is -0.508 e. The SMILES string of the molecule is COC(=O)C(Cc1ccc(O)cc1)NC(=O)c1cc(-c2cc(F)ccc2O)n[nH]1. The summed E-state index contributed by atoms with van der Waals surface area (Å²) in [6, 6.07) is 9.92. The molecule has 29 heavy (non-hydrogen) atoms. The van der Waals surface area contributed by atoms with Crippen molar-refractivity contribution in [1.82, 2.24) is 15.5 Å². The minimum absolute atomic E-state index is 0.0169. The third-order valence-electron chi connectivity index (χ3n) is 4.22. The van der Waals surface area contributed by atoms with Gasteiger partial charge < -0.3 is 20.3 Å². The lowest BCUT2D eigenvalue weighted by Gasteiger charge is -2.16. The van der Waals surface area contributed by atoms with Gasteiger partial charge in [-0.05, 0) is 42.0 Å². The molecule has 0 aliphatic rings. The number of aromatic hydroxyl groups is 2. The molecule has 0 spiro atoms. The van der Waals surface area contributed by atoms with Gasteiger partial charge >= 0.3 is 5.97 Å². The topological polar surface area (TPSA) is 125 Å². The van der Waals surface area contributed by atoms with Gasteiger partial charge in [0.1, 0.15) is 29.1 Å². The number of nitrogens with one attached hydrogen (secondary N) is 2. The minimum atomic E-state index is -0.980. The Kier molecular flexibility index (Phi) is 5.77. The van der Waals surface area contributed by atoms with Gasteiger partial charge in [-0.1, -0.05) is 12.1 Å². The highest BCUT2D eigenvalue weighted by molar-refractivity contribution is 5.96. The first-order chi connectivity index (χ1) is 13.9. The van der Waals surface area contributed by atoms with Gasteiger partial charge in [-0.3, -0.25) is 9.89 Å². The van der Waals surface area contributed by atoms with E-state index < -0.39 is 23.7 Å². The van der Waals surface area contributed by atoms with E-state index in [0.717, 1.165) is 12.1 Å². The third kappa shape index (κ3) is 4.70. The maximum absolute atomic E-state index is 13.4. The molecule has 0 fully saturated rings. The Morgan fingerprint density at radius 3 is 2.59 bits per heavy atom. The average molecular weight is 399 g/mol. The molecule has 0 aliphatic carbocycles. The van der Waals surface area contributed by atoms with E-state index in [4.69, 9.17) is 4.74 Å². The number of aromatic amines is 1. The molecule has 1 atom stereocenters. The zero-order valence-electron chi connectivity index (χ0n) is 15.3. The number of amides is 1. The molecule has 8 nitrogen and oxygen atoms in total. The molecule has 1 amide bonds. The van der Waals surface area contributed by atoms with E-state index in [2.05, 4.69) is 15.5 Å². The van der Waals surface area contributed by atoms with Crippen LogP contribution in [-0.2, 0) is 16.0 Å². The van der Waals surface area contributed by atoms with Crippen molar-refractivity contribution in [2.45, 2.75) is 12.5 Å². The standard InChI is InChI=1S/C20H18FN3O5/c1-29-20(28)17(8-11-2-5-13(25)6-3-11)22-19(27)16-10-15(23-24-16)14-9-12(21)4-7-18(14)26/h2-7,9-10,17,25-26H,8H2,1H3,(H,22,27)(H,23,24). The van der Waals surface area contributed by atoms with E-state index in [1.54, 1.807) is 12.1 Å². The van der Waals surface area contributed by atoms with Crippen molar-refractivity contribution in [2.75, 3.05) is 7.11 Å². The second-order valence-electron chi connectivity index (χ2n) is 6.25.